The first-order chi connectivity index (χ1) is 11.2. The first kappa shape index (κ1) is 15.6. The number of anilines is 1. The molecule has 0 radical (unpaired) electrons. The van der Waals surface area contributed by atoms with Crippen LogP contribution >= 0.6 is 0 Å². The zero-order chi connectivity index (χ0) is 16.2. The van der Waals surface area contributed by atoms with Crippen LogP contribution in [0.2, 0.25) is 0 Å². The molecule has 1 aromatic heterocycles. The fourth-order valence-corrected chi connectivity index (χ4v) is 2.70. The maximum absolute atomic E-state index is 12.7. The maximum atomic E-state index is 12.7. The van der Waals surface area contributed by atoms with E-state index >= 15 is 0 Å². The molecule has 0 unspecified atom stereocenters. The summed E-state index contributed by atoms with van der Waals surface area (Å²) in [5.41, 5.74) is 3.40. The summed E-state index contributed by atoms with van der Waals surface area (Å²) in [7, 11) is 0. The van der Waals surface area contributed by atoms with Crippen molar-refractivity contribution in [2.45, 2.75) is 20.4 Å². The van der Waals surface area contributed by atoms with Gasteiger partial charge in [0.25, 0.3) is 5.91 Å². The van der Waals surface area contributed by atoms with Gasteiger partial charge in [-0.2, -0.15) is 0 Å². The van der Waals surface area contributed by atoms with Crippen LogP contribution in [-0.2, 0) is 11.3 Å². The van der Waals surface area contributed by atoms with E-state index in [0.29, 0.717) is 38.4 Å². The highest BCUT2D eigenvalue weighted by Crippen LogP contribution is 2.20. The summed E-state index contributed by atoms with van der Waals surface area (Å²) < 4.78 is 10.5. The standard InChI is InChI=1S/C17H21N3O3/c1-12-15(13(2)23-19-12)11-18-16-6-4-3-5-14(16)17(21)20-7-9-22-10-8-20/h3-6,18H,7-11H2,1-2H3. The lowest BCUT2D eigenvalue weighted by Gasteiger charge is -2.27. The van der Waals surface area contributed by atoms with Crippen molar-refractivity contribution in [2.75, 3.05) is 31.6 Å². The lowest BCUT2D eigenvalue weighted by Crippen LogP contribution is -2.40. The number of nitrogens with one attached hydrogen (secondary N) is 1. The monoisotopic (exact) mass is 315 g/mol. The molecule has 122 valence electrons. The number of rotatable bonds is 4. The van der Waals surface area contributed by atoms with Crippen LogP contribution in [0.1, 0.15) is 27.4 Å². The third-order valence-corrected chi connectivity index (χ3v) is 4.09. The van der Waals surface area contributed by atoms with Crippen molar-refractivity contribution < 1.29 is 14.1 Å². The Hall–Kier alpha value is -2.34. The van der Waals surface area contributed by atoms with Crippen LogP contribution in [0.15, 0.2) is 28.8 Å². The maximum Gasteiger partial charge on any atom is 0.256 e. The van der Waals surface area contributed by atoms with Crippen LogP contribution in [0.4, 0.5) is 5.69 Å². The van der Waals surface area contributed by atoms with Gasteiger partial charge in [0.2, 0.25) is 0 Å². The largest absolute Gasteiger partial charge is 0.380 e. The Kier molecular flexibility index (Phi) is 4.62. The van der Waals surface area contributed by atoms with Gasteiger partial charge in [0.1, 0.15) is 5.76 Å². The molecule has 3 rings (SSSR count). The molecule has 1 aromatic carbocycles. The van der Waals surface area contributed by atoms with Crippen LogP contribution < -0.4 is 5.32 Å². The topological polar surface area (TPSA) is 67.6 Å². The van der Waals surface area contributed by atoms with Crippen molar-refractivity contribution in [2.24, 2.45) is 0 Å². The molecule has 6 nitrogen and oxygen atoms in total. The van der Waals surface area contributed by atoms with E-state index in [1.165, 1.54) is 0 Å². The summed E-state index contributed by atoms with van der Waals surface area (Å²) in [5, 5.41) is 7.29. The van der Waals surface area contributed by atoms with Crippen molar-refractivity contribution in [1.82, 2.24) is 10.1 Å². The molecule has 0 spiro atoms. The van der Waals surface area contributed by atoms with Gasteiger partial charge in [-0.05, 0) is 26.0 Å². The van der Waals surface area contributed by atoms with Crippen molar-refractivity contribution in [3.63, 3.8) is 0 Å². The number of nitrogens with zero attached hydrogens (tertiary/aromatic N) is 2. The minimum Gasteiger partial charge on any atom is -0.380 e. The zero-order valence-corrected chi connectivity index (χ0v) is 13.5. The Balaban J connectivity index is 1.76. The predicted molar refractivity (Wildman–Crippen MR) is 86.5 cm³/mol. The number of hydrogen-bond acceptors (Lipinski definition) is 5. The van der Waals surface area contributed by atoms with Gasteiger partial charge in [-0.3, -0.25) is 4.79 Å². The quantitative estimate of drug-likeness (QED) is 0.938. The molecule has 1 aliphatic heterocycles. The Morgan fingerprint density at radius 3 is 2.70 bits per heavy atom. The van der Waals surface area contributed by atoms with Crippen molar-refractivity contribution in [3.8, 4) is 0 Å². The molecule has 23 heavy (non-hydrogen) atoms. The second kappa shape index (κ2) is 6.83. The molecule has 1 amide bonds. The molecule has 2 aromatic rings. The summed E-state index contributed by atoms with van der Waals surface area (Å²) in [6.07, 6.45) is 0. The van der Waals surface area contributed by atoms with Crippen LogP contribution in [0.3, 0.4) is 0 Å². The fraction of sp³-hybridized carbons (Fsp3) is 0.412. The van der Waals surface area contributed by atoms with Gasteiger partial charge in [0, 0.05) is 30.9 Å². The minimum absolute atomic E-state index is 0.0372. The molecule has 1 fully saturated rings. The van der Waals surface area contributed by atoms with E-state index in [0.717, 1.165) is 22.7 Å². The summed E-state index contributed by atoms with van der Waals surface area (Å²) in [5.74, 6) is 0.835. The SMILES string of the molecule is Cc1noc(C)c1CNc1ccccc1C(=O)N1CCOCC1. The summed E-state index contributed by atoms with van der Waals surface area (Å²) in [6, 6.07) is 7.58. The number of hydrogen-bond donors (Lipinski definition) is 1. The average Bonchev–Trinajstić information content (AvgIpc) is 2.92. The van der Waals surface area contributed by atoms with Crippen molar-refractivity contribution in [3.05, 3.63) is 46.8 Å². The van der Waals surface area contributed by atoms with Gasteiger partial charge in [0.15, 0.2) is 0 Å². The van der Waals surface area contributed by atoms with Crippen molar-refractivity contribution in [1.29, 1.82) is 0 Å². The Morgan fingerprint density at radius 2 is 2.00 bits per heavy atom. The number of aryl methyl sites for hydroxylation is 2. The fourth-order valence-electron chi connectivity index (χ4n) is 2.70. The number of amides is 1. The van der Waals surface area contributed by atoms with E-state index < -0.39 is 0 Å². The van der Waals surface area contributed by atoms with E-state index in [2.05, 4.69) is 10.5 Å². The van der Waals surface area contributed by atoms with Crippen molar-refractivity contribution >= 4 is 11.6 Å². The number of para-hydroxylation sites is 1. The molecule has 1 aliphatic rings. The second-order valence-electron chi connectivity index (χ2n) is 5.61. The zero-order valence-electron chi connectivity index (χ0n) is 13.5. The predicted octanol–water partition coefficient (Wildman–Crippen LogP) is 2.38. The molecule has 0 atom stereocenters. The Morgan fingerprint density at radius 1 is 1.26 bits per heavy atom. The Bertz CT molecular complexity index is 671. The molecule has 0 bridgehead atoms. The van der Waals surface area contributed by atoms with Crippen LogP contribution in [0.5, 0.6) is 0 Å². The van der Waals surface area contributed by atoms with Crippen LogP contribution in [0, 0.1) is 13.8 Å². The van der Waals surface area contributed by atoms with E-state index in [4.69, 9.17) is 9.26 Å². The molecule has 0 aliphatic carbocycles. The summed E-state index contributed by atoms with van der Waals surface area (Å²) in [4.78, 5) is 14.5. The number of morpholine rings is 1. The first-order valence-corrected chi connectivity index (χ1v) is 7.78. The van der Waals surface area contributed by atoms with Gasteiger partial charge in [0.05, 0.1) is 24.5 Å². The molecular formula is C17H21N3O3. The molecule has 1 saturated heterocycles. The summed E-state index contributed by atoms with van der Waals surface area (Å²) in [6.45, 7) is 6.85. The van der Waals surface area contributed by atoms with Gasteiger partial charge < -0.3 is 19.5 Å². The third kappa shape index (κ3) is 3.37. The highest BCUT2D eigenvalue weighted by atomic mass is 16.5. The Labute approximate surface area is 135 Å². The van der Waals surface area contributed by atoms with Crippen LogP contribution in [0.25, 0.3) is 0 Å². The van der Waals surface area contributed by atoms with E-state index in [1.807, 2.05) is 43.0 Å². The molecule has 6 heteroatoms. The number of aromatic nitrogens is 1. The molecule has 0 saturated carbocycles. The first-order valence-electron chi connectivity index (χ1n) is 7.78. The van der Waals surface area contributed by atoms with Gasteiger partial charge in [-0.15, -0.1) is 0 Å². The molecular weight excluding hydrogens is 294 g/mol. The molecule has 1 N–H and O–H groups in total. The lowest BCUT2D eigenvalue weighted by molar-refractivity contribution is 0.0303. The minimum atomic E-state index is 0.0372. The van der Waals surface area contributed by atoms with E-state index in [-0.39, 0.29) is 5.91 Å². The molecule has 2 heterocycles. The normalized spacial score (nSPS) is 14.8. The number of carbonyl (C=O) groups excluding carboxylic acids is 1. The summed E-state index contributed by atoms with van der Waals surface area (Å²) >= 11 is 0. The lowest BCUT2D eigenvalue weighted by atomic mass is 10.1. The van der Waals surface area contributed by atoms with Gasteiger partial charge >= 0.3 is 0 Å². The van der Waals surface area contributed by atoms with Crippen LogP contribution in [-0.4, -0.2) is 42.3 Å². The van der Waals surface area contributed by atoms with E-state index in [9.17, 15) is 4.79 Å². The second-order valence-corrected chi connectivity index (χ2v) is 5.61. The highest BCUT2D eigenvalue weighted by molar-refractivity contribution is 5.99. The average molecular weight is 315 g/mol. The number of benzene rings is 1. The number of carbonyl (C=O) groups is 1. The highest BCUT2D eigenvalue weighted by Gasteiger charge is 2.21. The van der Waals surface area contributed by atoms with E-state index in [1.54, 1.807) is 0 Å². The third-order valence-electron chi connectivity index (χ3n) is 4.09. The number of ether oxygens (including phenoxy) is 1. The van der Waals surface area contributed by atoms with Gasteiger partial charge in [-0.1, -0.05) is 17.3 Å². The smallest absolute Gasteiger partial charge is 0.256 e. The van der Waals surface area contributed by atoms with Gasteiger partial charge in [-0.25, -0.2) is 0 Å².